The molecule has 0 aliphatic heterocycles. The molecule has 2 N–H and O–H groups in total. The standard InChI is InChI=1S/C24H25NO2/c1-3-4-8-13-27-18-14-20-23(21(26)15-18)22-19(17-9-6-5-7-10-17)12-11-16(2)24(22)25-20/h5-7,9-12,14-15,25-26H,3-4,8,13H2,1-2H3. The number of ether oxygens (including phenoxy) is 1. The second-order valence-corrected chi connectivity index (χ2v) is 7.09. The number of benzene rings is 3. The van der Waals surface area contributed by atoms with Gasteiger partial charge in [-0.2, -0.15) is 0 Å². The lowest BCUT2D eigenvalue weighted by Gasteiger charge is -2.09. The number of aromatic amines is 1. The molecule has 0 bridgehead atoms. The molecule has 4 rings (SSSR count). The summed E-state index contributed by atoms with van der Waals surface area (Å²) < 4.78 is 5.86. The molecule has 3 aromatic carbocycles. The lowest BCUT2D eigenvalue weighted by Crippen LogP contribution is -1.96. The van der Waals surface area contributed by atoms with E-state index in [2.05, 4.69) is 43.1 Å². The van der Waals surface area contributed by atoms with Crippen molar-refractivity contribution in [3.8, 4) is 22.6 Å². The zero-order valence-corrected chi connectivity index (χ0v) is 15.9. The number of phenolic OH excluding ortho intramolecular Hbond substituents is 1. The molecule has 0 aliphatic carbocycles. The van der Waals surface area contributed by atoms with Gasteiger partial charge in [0.2, 0.25) is 0 Å². The third-order valence-electron chi connectivity index (χ3n) is 5.12. The Morgan fingerprint density at radius 2 is 1.78 bits per heavy atom. The first-order valence-electron chi connectivity index (χ1n) is 9.65. The molecule has 1 heterocycles. The van der Waals surface area contributed by atoms with Gasteiger partial charge in [-0.15, -0.1) is 0 Å². The maximum absolute atomic E-state index is 10.8. The predicted molar refractivity (Wildman–Crippen MR) is 113 cm³/mol. The number of hydrogen-bond donors (Lipinski definition) is 2. The third-order valence-corrected chi connectivity index (χ3v) is 5.12. The summed E-state index contributed by atoms with van der Waals surface area (Å²) in [7, 11) is 0. The first kappa shape index (κ1) is 17.5. The molecule has 0 fully saturated rings. The van der Waals surface area contributed by atoms with Crippen LogP contribution in [-0.4, -0.2) is 16.7 Å². The molecular formula is C24H25NO2. The highest BCUT2D eigenvalue weighted by atomic mass is 16.5. The fourth-order valence-electron chi connectivity index (χ4n) is 3.71. The topological polar surface area (TPSA) is 45.2 Å². The number of H-pyrrole nitrogens is 1. The van der Waals surface area contributed by atoms with Gasteiger partial charge in [-0.05, 0) is 30.0 Å². The van der Waals surface area contributed by atoms with Crippen molar-refractivity contribution < 1.29 is 9.84 Å². The Kier molecular flexibility index (Phi) is 4.76. The predicted octanol–water partition coefficient (Wildman–Crippen LogP) is 6.57. The minimum Gasteiger partial charge on any atom is -0.507 e. The molecule has 0 saturated heterocycles. The van der Waals surface area contributed by atoms with Crippen LogP contribution >= 0.6 is 0 Å². The van der Waals surface area contributed by atoms with Crippen molar-refractivity contribution in [2.75, 3.05) is 6.61 Å². The molecule has 3 heteroatoms. The lowest BCUT2D eigenvalue weighted by molar-refractivity contribution is 0.305. The van der Waals surface area contributed by atoms with Crippen molar-refractivity contribution >= 4 is 21.8 Å². The van der Waals surface area contributed by atoms with Gasteiger partial charge in [-0.25, -0.2) is 0 Å². The summed E-state index contributed by atoms with van der Waals surface area (Å²) in [6.45, 7) is 4.94. The highest BCUT2D eigenvalue weighted by molar-refractivity contribution is 6.17. The molecule has 0 amide bonds. The molecular weight excluding hydrogens is 334 g/mol. The second-order valence-electron chi connectivity index (χ2n) is 7.09. The number of rotatable bonds is 6. The number of unbranched alkanes of at least 4 members (excludes halogenated alkanes) is 2. The molecule has 0 spiro atoms. The van der Waals surface area contributed by atoms with E-state index in [4.69, 9.17) is 4.74 Å². The summed E-state index contributed by atoms with van der Waals surface area (Å²) in [5.74, 6) is 0.966. The summed E-state index contributed by atoms with van der Waals surface area (Å²) in [4.78, 5) is 3.50. The zero-order valence-electron chi connectivity index (χ0n) is 15.9. The Hall–Kier alpha value is -2.94. The van der Waals surface area contributed by atoms with Gasteiger partial charge in [0.1, 0.15) is 11.5 Å². The summed E-state index contributed by atoms with van der Waals surface area (Å²) >= 11 is 0. The van der Waals surface area contributed by atoms with Gasteiger partial charge in [0.15, 0.2) is 0 Å². The van der Waals surface area contributed by atoms with E-state index in [0.29, 0.717) is 12.4 Å². The van der Waals surface area contributed by atoms with E-state index < -0.39 is 0 Å². The molecule has 3 nitrogen and oxygen atoms in total. The Morgan fingerprint density at radius 1 is 0.963 bits per heavy atom. The maximum Gasteiger partial charge on any atom is 0.129 e. The minimum atomic E-state index is 0.257. The van der Waals surface area contributed by atoms with Gasteiger partial charge in [-0.3, -0.25) is 0 Å². The third kappa shape index (κ3) is 3.25. The van der Waals surface area contributed by atoms with E-state index in [9.17, 15) is 5.11 Å². The van der Waals surface area contributed by atoms with E-state index in [-0.39, 0.29) is 5.75 Å². The fraction of sp³-hybridized carbons (Fsp3) is 0.250. The number of phenols is 1. The number of aromatic nitrogens is 1. The number of aromatic hydroxyl groups is 1. The first-order chi connectivity index (χ1) is 13.2. The molecule has 138 valence electrons. The van der Waals surface area contributed by atoms with Gasteiger partial charge < -0.3 is 14.8 Å². The van der Waals surface area contributed by atoms with Crippen LogP contribution in [0.15, 0.2) is 54.6 Å². The molecule has 0 aliphatic rings. The Morgan fingerprint density at radius 3 is 2.56 bits per heavy atom. The Balaban J connectivity index is 1.86. The van der Waals surface area contributed by atoms with Crippen LogP contribution in [0.2, 0.25) is 0 Å². The highest BCUT2D eigenvalue weighted by Gasteiger charge is 2.16. The van der Waals surface area contributed by atoms with Crippen molar-refractivity contribution in [1.29, 1.82) is 0 Å². The number of fused-ring (bicyclic) bond motifs is 3. The average molecular weight is 359 g/mol. The minimum absolute atomic E-state index is 0.257. The fourth-order valence-corrected chi connectivity index (χ4v) is 3.71. The molecule has 0 saturated carbocycles. The zero-order chi connectivity index (χ0) is 18.8. The second kappa shape index (κ2) is 7.36. The van der Waals surface area contributed by atoms with Crippen LogP contribution in [0.25, 0.3) is 32.9 Å². The van der Waals surface area contributed by atoms with Crippen molar-refractivity contribution in [2.45, 2.75) is 33.1 Å². The molecule has 0 atom stereocenters. The molecule has 0 unspecified atom stereocenters. The van der Waals surface area contributed by atoms with Crippen molar-refractivity contribution in [3.05, 3.63) is 60.2 Å². The van der Waals surface area contributed by atoms with Crippen LogP contribution in [0.5, 0.6) is 11.5 Å². The highest BCUT2D eigenvalue weighted by Crippen LogP contribution is 2.41. The van der Waals surface area contributed by atoms with E-state index in [1.165, 1.54) is 0 Å². The van der Waals surface area contributed by atoms with Gasteiger partial charge >= 0.3 is 0 Å². The van der Waals surface area contributed by atoms with Gasteiger partial charge in [-0.1, -0.05) is 62.2 Å². The largest absolute Gasteiger partial charge is 0.507 e. The Labute approximate surface area is 159 Å². The monoisotopic (exact) mass is 359 g/mol. The number of aryl methyl sites for hydroxylation is 1. The summed E-state index contributed by atoms with van der Waals surface area (Å²) in [6, 6.07) is 18.3. The van der Waals surface area contributed by atoms with E-state index in [1.54, 1.807) is 6.07 Å². The average Bonchev–Trinajstić information content (AvgIpc) is 3.07. The van der Waals surface area contributed by atoms with Crippen molar-refractivity contribution in [3.63, 3.8) is 0 Å². The van der Waals surface area contributed by atoms with Crippen LogP contribution in [-0.2, 0) is 0 Å². The summed E-state index contributed by atoms with van der Waals surface area (Å²) in [5, 5.41) is 12.7. The smallest absolute Gasteiger partial charge is 0.129 e. The number of nitrogens with one attached hydrogen (secondary N) is 1. The molecule has 27 heavy (non-hydrogen) atoms. The first-order valence-corrected chi connectivity index (χ1v) is 9.65. The van der Waals surface area contributed by atoms with Gasteiger partial charge in [0, 0.05) is 17.5 Å². The SMILES string of the molecule is CCCCCOc1cc(O)c2c(c1)[nH]c1c(C)ccc(-c3ccccc3)c12. The molecule has 0 radical (unpaired) electrons. The van der Waals surface area contributed by atoms with Gasteiger partial charge in [0.25, 0.3) is 0 Å². The van der Waals surface area contributed by atoms with Crippen LogP contribution in [0.3, 0.4) is 0 Å². The molecule has 1 aromatic heterocycles. The van der Waals surface area contributed by atoms with Gasteiger partial charge in [0.05, 0.1) is 23.0 Å². The van der Waals surface area contributed by atoms with Crippen LogP contribution in [0.1, 0.15) is 31.7 Å². The normalized spacial score (nSPS) is 11.3. The lowest BCUT2D eigenvalue weighted by atomic mass is 9.97. The van der Waals surface area contributed by atoms with E-state index in [0.717, 1.165) is 57.8 Å². The Bertz CT molecular complexity index is 1080. The number of hydrogen-bond acceptors (Lipinski definition) is 2. The maximum atomic E-state index is 10.8. The summed E-state index contributed by atoms with van der Waals surface area (Å²) in [5.41, 5.74) is 5.38. The van der Waals surface area contributed by atoms with Crippen LogP contribution in [0, 0.1) is 6.92 Å². The van der Waals surface area contributed by atoms with Crippen molar-refractivity contribution in [1.82, 2.24) is 4.98 Å². The summed E-state index contributed by atoms with van der Waals surface area (Å²) in [6.07, 6.45) is 3.34. The van der Waals surface area contributed by atoms with E-state index in [1.807, 2.05) is 24.3 Å². The van der Waals surface area contributed by atoms with Crippen molar-refractivity contribution in [2.24, 2.45) is 0 Å². The van der Waals surface area contributed by atoms with Crippen LogP contribution in [0.4, 0.5) is 0 Å². The quantitative estimate of drug-likeness (QED) is 0.382. The van der Waals surface area contributed by atoms with Crippen LogP contribution < -0.4 is 4.74 Å². The van der Waals surface area contributed by atoms with E-state index >= 15 is 0 Å². The molecule has 4 aromatic rings.